The van der Waals surface area contributed by atoms with E-state index >= 15 is 0 Å². The molecule has 0 saturated heterocycles. The molecule has 3 heterocycles. The smallest absolute Gasteiger partial charge is 0.274 e. The summed E-state index contributed by atoms with van der Waals surface area (Å²) in [7, 11) is 1.68. The molecular weight excluding hydrogens is 396 g/mol. The minimum Gasteiger partial charge on any atom is -0.467 e. The van der Waals surface area contributed by atoms with Crippen molar-refractivity contribution < 1.29 is 14.0 Å². The van der Waals surface area contributed by atoms with E-state index in [0.29, 0.717) is 28.4 Å². The number of anilines is 1. The predicted molar refractivity (Wildman–Crippen MR) is 114 cm³/mol. The summed E-state index contributed by atoms with van der Waals surface area (Å²) in [5, 5.41) is 14.3. The summed E-state index contributed by atoms with van der Waals surface area (Å²) < 4.78 is 8.43. The number of hydrogen-bond acceptors (Lipinski definition) is 5. The van der Waals surface area contributed by atoms with E-state index in [-0.39, 0.29) is 18.1 Å². The van der Waals surface area contributed by atoms with E-state index in [1.807, 2.05) is 37.3 Å². The number of carbonyl (C=O) groups excluding carboxylic acids is 2. The Balaban J connectivity index is 1.56. The Morgan fingerprint density at radius 1 is 1.03 bits per heavy atom. The van der Waals surface area contributed by atoms with Crippen molar-refractivity contribution in [2.45, 2.75) is 20.4 Å². The Bertz CT molecular complexity index is 1220. The van der Waals surface area contributed by atoms with Crippen molar-refractivity contribution in [1.29, 1.82) is 0 Å². The van der Waals surface area contributed by atoms with Gasteiger partial charge in [-0.15, -0.1) is 0 Å². The Morgan fingerprint density at radius 3 is 2.52 bits per heavy atom. The molecule has 0 aliphatic rings. The van der Waals surface area contributed by atoms with Gasteiger partial charge in [0.1, 0.15) is 5.76 Å². The van der Waals surface area contributed by atoms with Crippen LogP contribution in [0.4, 0.5) is 5.69 Å². The van der Waals surface area contributed by atoms with Crippen molar-refractivity contribution in [3.63, 3.8) is 0 Å². The quantitative estimate of drug-likeness (QED) is 0.501. The molecule has 0 radical (unpaired) electrons. The third kappa shape index (κ3) is 4.11. The first-order valence-electron chi connectivity index (χ1n) is 9.71. The standard InChI is InChI=1S/C22H22N6O3/c1-14-19(15(2)28(25-14)16-8-5-4-6-9-16)21(29)24-18-13-27(3)26-20(18)22(30)23-12-17-10-7-11-31-17/h4-11,13H,12H2,1-3H3,(H,23,30)(H,24,29). The van der Waals surface area contributed by atoms with Crippen LogP contribution in [0.5, 0.6) is 0 Å². The lowest BCUT2D eigenvalue weighted by atomic mass is 10.1. The summed E-state index contributed by atoms with van der Waals surface area (Å²) >= 11 is 0. The van der Waals surface area contributed by atoms with Gasteiger partial charge in [-0.25, -0.2) is 4.68 Å². The van der Waals surface area contributed by atoms with Gasteiger partial charge in [0, 0.05) is 13.2 Å². The molecule has 3 aromatic heterocycles. The number of para-hydroxylation sites is 1. The number of aromatic nitrogens is 4. The normalized spacial score (nSPS) is 10.8. The largest absolute Gasteiger partial charge is 0.467 e. The van der Waals surface area contributed by atoms with Crippen molar-refractivity contribution in [1.82, 2.24) is 24.9 Å². The highest BCUT2D eigenvalue weighted by Crippen LogP contribution is 2.21. The van der Waals surface area contributed by atoms with Crippen molar-refractivity contribution >= 4 is 17.5 Å². The molecule has 9 heteroatoms. The van der Waals surface area contributed by atoms with Gasteiger partial charge >= 0.3 is 0 Å². The number of aryl methyl sites for hydroxylation is 2. The first kappa shape index (κ1) is 20.1. The molecule has 0 unspecified atom stereocenters. The maximum Gasteiger partial charge on any atom is 0.274 e. The third-order valence-corrected chi connectivity index (χ3v) is 4.81. The van der Waals surface area contributed by atoms with E-state index in [4.69, 9.17) is 4.42 Å². The zero-order valence-corrected chi connectivity index (χ0v) is 17.4. The molecule has 4 rings (SSSR count). The number of benzene rings is 1. The number of nitrogens with zero attached hydrogens (tertiary/aromatic N) is 4. The number of furan rings is 1. The zero-order chi connectivity index (χ0) is 22.0. The van der Waals surface area contributed by atoms with Gasteiger partial charge in [0.25, 0.3) is 11.8 Å². The van der Waals surface area contributed by atoms with E-state index in [2.05, 4.69) is 20.8 Å². The average molecular weight is 418 g/mol. The van der Waals surface area contributed by atoms with Gasteiger partial charge in [-0.05, 0) is 38.1 Å². The zero-order valence-electron chi connectivity index (χ0n) is 17.4. The predicted octanol–water partition coefficient (Wildman–Crippen LogP) is 3.00. The Hall–Kier alpha value is -4.14. The topological polar surface area (TPSA) is 107 Å². The van der Waals surface area contributed by atoms with Crippen LogP contribution in [-0.4, -0.2) is 31.4 Å². The average Bonchev–Trinajstić information content (AvgIpc) is 3.46. The van der Waals surface area contributed by atoms with Crippen molar-refractivity contribution in [3.8, 4) is 5.69 Å². The number of amides is 2. The molecular formula is C22H22N6O3. The molecule has 0 aliphatic carbocycles. The molecule has 9 nitrogen and oxygen atoms in total. The molecule has 0 aliphatic heterocycles. The van der Waals surface area contributed by atoms with Crippen molar-refractivity contribution in [2.24, 2.45) is 7.05 Å². The second kappa shape index (κ2) is 8.31. The molecule has 0 bridgehead atoms. The van der Waals surface area contributed by atoms with Gasteiger partial charge in [-0.1, -0.05) is 18.2 Å². The molecule has 0 atom stereocenters. The monoisotopic (exact) mass is 418 g/mol. The number of rotatable bonds is 6. The lowest BCUT2D eigenvalue weighted by molar-refractivity contribution is 0.0943. The van der Waals surface area contributed by atoms with Crippen LogP contribution in [0, 0.1) is 13.8 Å². The third-order valence-electron chi connectivity index (χ3n) is 4.81. The van der Waals surface area contributed by atoms with Gasteiger partial charge in [0.05, 0.1) is 41.1 Å². The van der Waals surface area contributed by atoms with Crippen molar-refractivity contribution in [2.75, 3.05) is 5.32 Å². The van der Waals surface area contributed by atoms with Gasteiger partial charge in [-0.2, -0.15) is 10.2 Å². The molecule has 4 aromatic rings. The Labute approximate surface area is 178 Å². The van der Waals surface area contributed by atoms with Crippen LogP contribution in [0.1, 0.15) is 38.0 Å². The highest BCUT2D eigenvalue weighted by Gasteiger charge is 2.23. The van der Waals surface area contributed by atoms with Gasteiger partial charge in [-0.3, -0.25) is 14.3 Å². The fourth-order valence-corrected chi connectivity index (χ4v) is 3.39. The Morgan fingerprint density at radius 2 is 1.81 bits per heavy atom. The molecule has 0 fully saturated rings. The lowest BCUT2D eigenvalue weighted by Crippen LogP contribution is -2.25. The van der Waals surface area contributed by atoms with E-state index in [1.54, 1.807) is 37.0 Å². The highest BCUT2D eigenvalue weighted by atomic mass is 16.3. The van der Waals surface area contributed by atoms with E-state index in [9.17, 15) is 9.59 Å². The summed E-state index contributed by atoms with van der Waals surface area (Å²) in [5.74, 6) is -0.152. The second-order valence-electron chi connectivity index (χ2n) is 7.07. The maximum atomic E-state index is 13.1. The first-order valence-corrected chi connectivity index (χ1v) is 9.71. The fourth-order valence-electron chi connectivity index (χ4n) is 3.39. The summed E-state index contributed by atoms with van der Waals surface area (Å²) in [6.07, 6.45) is 3.13. The number of nitrogens with one attached hydrogen (secondary N) is 2. The maximum absolute atomic E-state index is 13.1. The van der Waals surface area contributed by atoms with E-state index < -0.39 is 5.91 Å². The van der Waals surface area contributed by atoms with Crippen LogP contribution in [0.25, 0.3) is 5.69 Å². The molecule has 158 valence electrons. The highest BCUT2D eigenvalue weighted by molar-refractivity contribution is 6.09. The minimum absolute atomic E-state index is 0.119. The molecule has 2 N–H and O–H groups in total. The summed E-state index contributed by atoms with van der Waals surface area (Å²) in [5.41, 5.74) is 3.04. The molecule has 0 saturated carbocycles. The molecule has 2 amide bonds. The second-order valence-corrected chi connectivity index (χ2v) is 7.07. The molecule has 1 aromatic carbocycles. The van der Waals surface area contributed by atoms with Crippen molar-refractivity contribution in [3.05, 3.63) is 83.3 Å². The van der Waals surface area contributed by atoms with Crippen LogP contribution in [0.2, 0.25) is 0 Å². The van der Waals surface area contributed by atoms with Crippen LogP contribution < -0.4 is 10.6 Å². The van der Waals surface area contributed by atoms with Crippen LogP contribution in [0.15, 0.2) is 59.3 Å². The lowest BCUT2D eigenvalue weighted by Gasteiger charge is -2.07. The molecule has 0 spiro atoms. The number of hydrogen-bond donors (Lipinski definition) is 2. The fraction of sp³-hybridized carbons (Fsp3) is 0.182. The summed E-state index contributed by atoms with van der Waals surface area (Å²) in [6, 6.07) is 13.1. The van der Waals surface area contributed by atoms with Crippen LogP contribution in [0.3, 0.4) is 0 Å². The van der Waals surface area contributed by atoms with Gasteiger partial charge in [0.2, 0.25) is 0 Å². The van der Waals surface area contributed by atoms with Gasteiger partial charge in [0.15, 0.2) is 5.69 Å². The molecule has 31 heavy (non-hydrogen) atoms. The Kier molecular flexibility index (Phi) is 5.40. The van der Waals surface area contributed by atoms with E-state index in [1.165, 1.54) is 10.9 Å². The SMILES string of the molecule is Cc1nn(-c2ccccc2)c(C)c1C(=O)Nc1cn(C)nc1C(=O)NCc1ccco1. The van der Waals surface area contributed by atoms with Gasteiger partial charge < -0.3 is 15.1 Å². The summed E-state index contributed by atoms with van der Waals surface area (Å²) in [4.78, 5) is 25.7. The summed E-state index contributed by atoms with van der Waals surface area (Å²) in [6.45, 7) is 3.83. The van der Waals surface area contributed by atoms with Crippen LogP contribution in [-0.2, 0) is 13.6 Å². The van der Waals surface area contributed by atoms with Crippen LogP contribution >= 0.6 is 0 Å². The van der Waals surface area contributed by atoms with E-state index in [0.717, 1.165) is 5.69 Å². The first-order chi connectivity index (χ1) is 14.9. The number of carbonyl (C=O) groups is 2. The minimum atomic E-state index is -0.416.